The summed E-state index contributed by atoms with van der Waals surface area (Å²) >= 11 is 0. The second kappa shape index (κ2) is 14.6. The van der Waals surface area contributed by atoms with Gasteiger partial charge in [-0.15, -0.1) is 0 Å². The number of hydrogen-bond acceptors (Lipinski definition) is 10. The highest BCUT2D eigenvalue weighted by Gasteiger charge is 2.48. The minimum Gasteiger partial charge on any atom is -0.461 e. The van der Waals surface area contributed by atoms with Crippen molar-refractivity contribution in [2.24, 2.45) is 16.2 Å². The molecule has 1 spiro atoms. The SMILES string of the molecule is CC(C)(COC(=O)/C(C#N)=C\c1ccccc1)C1OCC2(CO1)COC(C(C)(C)COC(=O)/C(C#N)=C\c1ccccc1)OC2. The number of nitrogens with zero attached hydrogens (tertiary/aromatic N) is 2. The third kappa shape index (κ3) is 8.87. The van der Waals surface area contributed by atoms with Crippen LogP contribution in [0.15, 0.2) is 71.8 Å². The molecule has 0 unspecified atom stereocenters. The zero-order valence-corrected chi connectivity index (χ0v) is 26.0. The third-order valence-corrected chi connectivity index (χ3v) is 7.49. The van der Waals surface area contributed by atoms with Gasteiger partial charge in [-0.2, -0.15) is 10.5 Å². The summed E-state index contributed by atoms with van der Waals surface area (Å²) in [5.74, 6) is -1.43. The normalized spacial score (nSPS) is 22.6. The van der Waals surface area contributed by atoms with Gasteiger partial charge in [-0.05, 0) is 23.3 Å². The molecule has 0 aliphatic carbocycles. The Morgan fingerprint density at radius 2 is 1.04 bits per heavy atom. The number of ether oxygens (including phenoxy) is 6. The predicted molar refractivity (Wildman–Crippen MR) is 163 cm³/mol. The largest absolute Gasteiger partial charge is 0.461 e. The van der Waals surface area contributed by atoms with Crippen LogP contribution in [-0.4, -0.2) is 64.2 Å². The van der Waals surface area contributed by atoms with Crippen molar-refractivity contribution in [1.29, 1.82) is 10.5 Å². The molecule has 2 fully saturated rings. The van der Waals surface area contributed by atoms with Gasteiger partial charge in [0.05, 0.1) is 31.8 Å². The summed E-state index contributed by atoms with van der Waals surface area (Å²) in [7, 11) is 0. The van der Waals surface area contributed by atoms with E-state index in [0.29, 0.717) is 26.4 Å². The number of rotatable bonds is 10. The highest BCUT2D eigenvalue weighted by Crippen LogP contribution is 2.38. The van der Waals surface area contributed by atoms with Crippen LogP contribution in [0, 0.1) is 38.9 Å². The molecule has 0 radical (unpaired) electrons. The van der Waals surface area contributed by atoms with E-state index in [1.54, 1.807) is 24.3 Å². The summed E-state index contributed by atoms with van der Waals surface area (Å²) in [5, 5.41) is 18.9. The van der Waals surface area contributed by atoms with Gasteiger partial charge in [0, 0.05) is 10.8 Å². The maximum Gasteiger partial charge on any atom is 0.348 e. The first-order valence-electron chi connectivity index (χ1n) is 14.6. The van der Waals surface area contributed by atoms with Crippen LogP contribution in [0.3, 0.4) is 0 Å². The molecule has 2 aromatic rings. The van der Waals surface area contributed by atoms with Crippen LogP contribution in [-0.2, 0) is 38.0 Å². The first-order chi connectivity index (χ1) is 21.5. The molecule has 236 valence electrons. The topological polar surface area (TPSA) is 137 Å². The van der Waals surface area contributed by atoms with Gasteiger partial charge in [0.1, 0.15) is 36.5 Å². The summed E-state index contributed by atoms with van der Waals surface area (Å²) in [6.45, 7) is 8.57. The monoisotopic (exact) mass is 614 g/mol. The highest BCUT2D eigenvalue weighted by atomic mass is 16.7. The fourth-order valence-electron chi connectivity index (χ4n) is 4.76. The lowest BCUT2D eigenvalue weighted by Crippen LogP contribution is -2.57. The minimum atomic E-state index is -0.716. The van der Waals surface area contributed by atoms with Gasteiger partial charge >= 0.3 is 11.9 Å². The van der Waals surface area contributed by atoms with Crippen molar-refractivity contribution in [2.45, 2.75) is 40.3 Å². The predicted octanol–water partition coefficient (Wildman–Crippen LogP) is 5.07. The molecular formula is C35H38N2O8. The molecule has 0 amide bonds. The van der Waals surface area contributed by atoms with Crippen LogP contribution >= 0.6 is 0 Å². The van der Waals surface area contributed by atoms with Crippen LogP contribution in [0.5, 0.6) is 0 Å². The maximum atomic E-state index is 12.6. The molecule has 0 bridgehead atoms. The third-order valence-electron chi connectivity index (χ3n) is 7.49. The average molecular weight is 615 g/mol. The Labute approximate surface area is 263 Å². The van der Waals surface area contributed by atoms with Crippen molar-refractivity contribution in [3.63, 3.8) is 0 Å². The molecule has 2 aliphatic heterocycles. The number of carbonyl (C=O) groups excluding carboxylic acids is 2. The number of nitriles is 2. The molecule has 45 heavy (non-hydrogen) atoms. The van der Waals surface area contributed by atoms with E-state index in [4.69, 9.17) is 28.4 Å². The summed E-state index contributed by atoms with van der Waals surface area (Å²) in [6.07, 6.45) is 1.65. The fourth-order valence-corrected chi connectivity index (χ4v) is 4.76. The molecule has 10 heteroatoms. The van der Waals surface area contributed by atoms with Crippen molar-refractivity contribution >= 4 is 24.1 Å². The maximum absolute atomic E-state index is 12.6. The molecule has 2 heterocycles. The van der Waals surface area contributed by atoms with Crippen molar-refractivity contribution in [1.82, 2.24) is 0 Å². The van der Waals surface area contributed by atoms with Gasteiger partial charge in [-0.25, -0.2) is 9.59 Å². The van der Waals surface area contributed by atoms with Crippen LogP contribution in [0.4, 0.5) is 0 Å². The number of esters is 2. The van der Waals surface area contributed by atoms with Crippen LogP contribution in [0.25, 0.3) is 12.2 Å². The molecular weight excluding hydrogens is 576 g/mol. The summed E-state index contributed by atoms with van der Waals surface area (Å²) in [6, 6.07) is 22.0. The van der Waals surface area contributed by atoms with Gasteiger partial charge in [0.2, 0.25) is 0 Å². The van der Waals surface area contributed by atoms with Crippen molar-refractivity contribution in [3.8, 4) is 12.1 Å². The summed E-state index contributed by atoms with van der Waals surface area (Å²) in [4.78, 5) is 25.2. The molecule has 10 nitrogen and oxygen atoms in total. The van der Waals surface area contributed by atoms with E-state index < -0.39 is 40.8 Å². The first kappa shape index (κ1) is 33.6. The Bertz CT molecular complexity index is 1350. The first-order valence-corrected chi connectivity index (χ1v) is 14.6. The van der Waals surface area contributed by atoms with E-state index >= 15 is 0 Å². The highest BCUT2D eigenvalue weighted by molar-refractivity contribution is 5.98. The standard InChI is InChI=1S/C35H38N2O8/c1-33(2,19-40-29(38)27(17-36)15-25-11-7-5-8-12-25)31-42-21-35(22-43-31)23-44-32(45-24-35)34(3,4)20-41-30(39)28(18-37)16-26-13-9-6-10-14-26/h5-16,31-32H,19-24H2,1-4H3/b27-15-,28-16-. The minimum absolute atomic E-state index is 0.0205. The Balaban J connectivity index is 1.24. The van der Waals surface area contributed by atoms with Crippen LogP contribution in [0.2, 0.25) is 0 Å². The van der Waals surface area contributed by atoms with Crippen LogP contribution in [0.1, 0.15) is 38.8 Å². The molecule has 0 atom stereocenters. The van der Waals surface area contributed by atoms with E-state index in [9.17, 15) is 20.1 Å². The summed E-state index contributed by atoms with van der Waals surface area (Å²) in [5.41, 5.74) is -0.687. The van der Waals surface area contributed by atoms with E-state index in [1.807, 2.05) is 76.2 Å². The Morgan fingerprint density at radius 1 is 0.711 bits per heavy atom. The number of hydrogen-bond donors (Lipinski definition) is 0. The Kier molecular flexibility index (Phi) is 10.9. The van der Waals surface area contributed by atoms with Gasteiger partial charge in [-0.3, -0.25) is 0 Å². The Hall–Kier alpha value is -4.32. The second-order valence-corrected chi connectivity index (χ2v) is 12.7. The zero-order valence-electron chi connectivity index (χ0n) is 26.0. The smallest absolute Gasteiger partial charge is 0.348 e. The van der Waals surface area contributed by atoms with Crippen LogP contribution < -0.4 is 0 Å². The van der Waals surface area contributed by atoms with Gasteiger partial charge in [-0.1, -0.05) is 88.4 Å². The van der Waals surface area contributed by atoms with Crippen molar-refractivity contribution in [2.75, 3.05) is 39.6 Å². The Morgan fingerprint density at radius 3 is 1.36 bits per heavy atom. The lowest BCUT2D eigenvalue weighted by atomic mass is 9.86. The van der Waals surface area contributed by atoms with Gasteiger partial charge < -0.3 is 28.4 Å². The molecule has 2 saturated heterocycles. The van der Waals surface area contributed by atoms with E-state index in [1.165, 1.54) is 12.2 Å². The lowest BCUT2D eigenvalue weighted by Gasteiger charge is -2.48. The molecule has 0 aromatic heterocycles. The zero-order chi connectivity index (χ0) is 32.5. The fraction of sp³-hybridized carbons (Fsp3) is 0.429. The van der Waals surface area contributed by atoms with Crippen molar-refractivity contribution in [3.05, 3.63) is 82.9 Å². The lowest BCUT2D eigenvalue weighted by molar-refractivity contribution is -0.337. The quantitative estimate of drug-likeness (QED) is 0.203. The van der Waals surface area contributed by atoms with Gasteiger partial charge in [0.25, 0.3) is 0 Å². The average Bonchev–Trinajstić information content (AvgIpc) is 3.05. The van der Waals surface area contributed by atoms with Crippen molar-refractivity contribution < 1.29 is 38.0 Å². The molecule has 4 rings (SSSR count). The molecule has 0 N–H and O–H groups in total. The number of benzene rings is 2. The van der Waals surface area contributed by atoms with E-state index in [0.717, 1.165) is 11.1 Å². The second-order valence-electron chi connectivity index (χ2n) is 12.7. The molecule has 2 aliphatic rings. The molecule has 0 saturated carbocycles. The van der Waals surface area contributed by atoms with E-state index in [-0.39, 0.29) is 24.4 Å². The molecule has 2 aromatic carbocycles. The van der Waals surface area contributed by atoms with Gasteiger partial charge in [0.15, 0.2) is 12.6 Å². The van der Waals surface area contributed by atoms with E-state index in [2.05, 4.69) is 0 Å². The summed E-state index contributed by atoms with van der Waals surface area (Å²) < 4.78 is 35.3. The number of carbonyl (C=O) groups is 2.